The molecule has 1 unspecified atom stereocenters. The number of carbonyl (C=O) groups excluding carboxylic acids is 2. The van der Waals surface area contributed by atoms with E-state index in [1.165, 1.54) is 43.4 Å². The number of carbonyl (C=O) groups is 2. The Kier molecular flexibility index (Phi) is 7.67. The quantitative estimate of drug-likeness (QED) is 0.350. The number of Topliss-reactive ketones (excluding diaryl/α,β-unsaturated/α-hetero) is 1. The fourth-order valence-corrected chi connectivity index (χ4v) is 4.56. The molecule has 1 atom stereocenters. The third-order valence-corrected chi connectivity index (χ3v) is 6.37. The Balaban J connectivity index is 1.71. The Hall–Kier alpha value is -3.43. The van der Waals surface area contributed by atoms with Crippen LogP contribution >= 0.6 is 0 Å². The number of halogens is 1. The maximum absolute atomic E-state index is 14.9. The molecule has 0 aliphatic carbocycles. The van der Waals surface area contributed by atoms with E-state index in [1.54, 1.807) is 18.2 Å². The Morgan fingerprint density at radius 1 is 1.06 bits per heavy atom. The summed E-state index contributed by atoms with van der Waals surface area (Å²) >= 11 is 0. The van der Waals surface area contributed by atoms with Crippen LogP contribution in [0.2, 0.25) is 0 Å². The van der Waals surface area contributed by atoms with E-state index in [0.29, 0.717) is 37.7 Å². The number of morpholine rings is 1. The Morgan fingerprint density at radius 2 is 1.77 bits per heavy atom. The lowest BCUT2D eigenvalue weighted by molar-refractivity contribution is -0.140. The van der Waals surface area contributed by atoms with Gasteiger partial charge >= 0.3 is 0 Å². The first kappa shape index (κ1) is 24.7. The van der Waals surface area contributed by atoms with Crippen LogP contribution < -0.4 is 9.47 Å². The van der Waals surface area contributed by atoms with Gasteiger partial charge in [-0.05, 0) is 30.7 Å². The number of methoxy groups -OCH3 is 2. The second-order valence-electron chi connectivity index (χ2n) is 8.39. The number of ketones is 1. The number of likely N-dealkylation sites (tertiary alicyclic amines) is 1. The van der Waals surface area contributed by atoms with Crippen LogP contribution in [0.25, 0.3) is 5.76 Å². The molecular formula is C26H29FN2O6. The lowest BCUT2D eigenvalue weighted by atomic mass is 9.94. The summed E-state index contributed by atoms with van der Waals surface area (Å²) in [6.45, 7) is 3.87. The first-order valence-corrected chi connectivity index (χ1v) is 11.5. The second-order valence-corrected chi connectivity index (χ2v) is 8.39. The molecule has 2 aliphatic heterocycles. The molecule has 0 saturated carbocycles. The van der Waals surface area contributed by atoms with Gasteiger partial charge in [-0.15, -0.1) is 0 Å². The van der Waals surface area contributed by atoms with Crippen molar-refractivity contribution in [1.82, 2.24) is 9.80 Å². The zero-order valence-electron chi connectivity index (χ0n) is 19.8. The zero-order chi connectivity index (χ0) is 24.9. The standard InChI is InChI=1S/C26H29FN2O6/c1-33-20-9-8-17(16-21(20)34-2)24(30)22-23(18-6-3-4-7-19(18)27)29(26(32)25(22)31)11-5-10-28-12-14-35-15-13-28/h3-4,6-9,16,23,30H,5,10-15H2,1-2H3. The SMILES string of the molecule is COc1ccc(C(O)=C2C(=O)C(=O)N(CCCN3CCOCC3)C2c2ccccc2F)cc1OC. The third-order valence-electron chi connectivity index (χ3n) is 6.37. The number of amides is 1. The highest BCUT2D eigenvalue weighted by molar-refractivity contribution is 6.46. The van der Waals surface area contributed by atoms with Gasteiger partial charge < -0.3 is 24.2 Å². The molecule has 2 aliphatic rings. The third kappa shape index (κ3) is 5.01. The zero-order valence-corrected chi connectivity index (χ0v) is 19.8. The lowest BCUT2D eigenvalue weighted by Crippen LogP contribution is -2.39. The van der Waals surface area contributed by atoms with Crippen LogP contribution in [0.3, 0.4) is 0 Å². The Bertz CT molecular complexity index is 1130. The molecular weight excluding hydrogens is 455 g/mol. The van der Waals surface area contributed by atoms with E-state index in [2.05, 4.69) is 4.90 Å². The molecule has 1 N–H and O–H groups in total. The first-order chi connectivity index (χ1) is 17.0. The number of benzene rings is 2. The summed E-state index contributed by atoms with van der Waals surface area (Å²) in [7, 11) is 2.94. The fourth-order valence-electron chi connectivity index (χ4n) is 4.56. The van der Waals surface area contributed by atoms with E-state index >= 15 is 0 Å². The minimum Gasteiger partial charge on any atom is -0.507 e. The molecule has 9 heteroatoms. The minimum atomic E-state index is -1.05. The van der Waals surface area contributed by atoms with Crippen LogP contribution in [-0.4, -0.2) is 80.2 Å². The van der Waals surface area contributed by atoms with Gasteiger partial charge in [0.15, 0.2) is 11.5 Å². The number of hydrogen-bond acceptors (Lipinski definition) is 7. The minimum absolute atomic E-state index is 0.153. The predicted octanol–water partition coefficient (Wildman–Crippen LogP) is 2.99. The summed E-state index contributed by atoms with van der Waals surface area (Å²) in [4.78, 5) is 29.8. The fraction of sp³-hybridized carbons (Fsp3) is 0.385. The molecule has 0 bridgehead atoms. The summed E-state index contributed by atoms with van der Waals surface area (Å²) in [6, 6.07) is 9.60. The summed E-state index contributed by atoms with van der Waals surface area (Å²) in [5.74, 6) is -1.78. The van der Waals surface area contributed by atoms with Crippen LogP contribution in [0.15, 0.2) is 48.0 Å². The van der Waals surface area contributed by atoms with Crippen LogP contribution in [0, 0.1) is 5.82 Å². The molecule has 35 heavy (non-hydrogen) atoms. The average molecular weight is 485 g/mol. The van der Waals surface area contributed by atoms with Crippen LogP contribution in [0.1, 0.15) is 23.6 Å². The number of aliphatic hydroxyl groups excluding tert-OH is 1. The molecule has 2 fully saturated rings. The van der Waals surface area contributed by atoms with E-state index in [4.69, 9.17) is 14.2 Å². The van der Waals surface area contributed by atoms with Crippen molar-refractivity contribution in [2.24, 2.45) is 0 Å². The molecule has 2 saturated heterocycles. The summed E-state index contributed by atoms with van der Waals surface area (Å²) < 4.78 is 30.8. The van der Waals surface area contributed by atoms with Crippen molar-refractivity contribution in [3.63, 3.8) is 0 Å². The second kappa shape index (κ2) is 10.9. The molecule has 1 amide bonds. The van der Waals surface area contributed by atoms with Crippen LogP contribution in [0.5, 0.6) is 11.5 Å². The van der Waals surface area contributed by atoms with E-state index < -0.39 is 29.3 Å². The van der Waals surface area contributed by atoms with Gasteiger partial charge in [-0.2, -0.15) is 0 Å². The van der Waals surface area contributed by atoms with Gasteiger partial charge in [-0.25, -0.2) is 4.39 Å². The smallest absolute Gasteiger partial charge is 0.295 e. The van der Waals surface area contributed by atoms with Gasteiger partial charge in [0.1, 0.15) is 11.6 Å². The van der Waals surface area contributed by atoms with Crippen molar-refractivity contribution in [2.75, 3.05) is 53.6 Å². The highest BCUT2D eigenvalue weighted by Gasteiger charge is 2.46. The number of aliphatic hydroxyl groups is 1. The molecule has 0 spiro atoms. The number of rotatable bonds is 8. The van der Waals surface area contributed by atoms with Crippen molar-refractivity contribution in [1.29, 1.82) is 0 Å². The van der Waals surface area contributed by atoms with Gasteiger partial charge in [0, 0.05) is 37.3 Å². The van der Waals surface area contributed by atoms with Crippen molar-refractivity contribution >= 4 is 17.4 Å². The molecule has 2 aromatic rings. The highest BCUT2D eigenvalue weighted by atomic mass is 19.1. The molecule has 8 nitrogen and oxygen atoms in total. The highest BCUT2D eigenvalue weighted by Crippen LogP contribution is 2.41. The molecule has 4 rings (SSSR count). The molecule has 186 valence electrons. The van der Waals surface area contributed by atoms with Gasteiger partial charge in [0.05, 0.1) is 39.0 Å². The van der Waals surface area contributed by atoms with Gasteiger partial charge in [-0.3, -0.25) is 14.5 Å². The average Bonchev–Trinajstić information content (AvgIpc) is 3.13. The maximum atomic E-state index is 14.9. The van der Waals surface area contributed by atoms with E-state index in [0.717, 1.165) is 13.1 Å². The normalized spacial score (nSPS) is 20.3. The van der Waals surface area contributed by atoms with Crippen molar-refractivity contribution in [3.8, 4) is 11.5 Å². The lowest BCUT2D eigenvalue weighted by Gasteiger charge is -2.29. The summed E-state index contributed by atoms with van der Waals surface area (Å²) in [5.41, 5.74) is 0.258. The molecule has 0 radical (unpaired) electrons. The predicted molar refractivity (Wildman–Crippen MR) is 127 cm³/mol. The van der Waals surface area contributed by atoms with Crippen LogP contribution in [-0.2, 0) is 14.3 Å². The summed E-state index contributed by atoms with van der Waals surface area (Å²) in [5, 5.41) is 11.2. The first-order valence-electron chi connectivity index (χ1n) is 11.5. The molecule has 2 heterocycles. The molecule has 0 aromatic heterocycles. The van der Waals surface area contributed by atoms with Gasteiger partial charge in [0.2, 0.25) is 0 Å². The largest absolute Gasteiger partial charge is 0.507 e. The Labute approximate surface area is 203 Å². The van der Waals surface area contributed by atoms with Crippen molar-refractivity contribution in [2.45, 2.75) is 12.5 Å². The van der Waals surface area contributed by atoms with Crippen LogP contribution in [0.4, 0.5) is 4.39 Å². The summed E-state index contributed by atoms with van der Waals surface area (Å²) in [6.07, 6.45) is 0.592. The van der Waals surface area contributed by atoms with E-state index in [-0.39, 0.29) is 23.2 Å². The number of hydrogen-bond donors (Lipinski definition) is 1. The van der Waals surface area contributed by atoms with Gasteiger partial charge in [0.25, 0.3) is 11.7 Å². The number of nitrogens with zero attached hydrogens (tertiary/aromatic N) is 2. The van der Waals surface area contributed by atoms with E-state index in [9.17, 15) is 19.1 Å². The maximum Gasteiger partial charge on any atom is 0.295 e. The van der Waals surface area contributed by atoms with Gasteiger partial charge in [-0.1, -0.05) is 18.2 Å². The monoisotopic (exact) mass is 484 g/mol. The number of ether oxygens (including phenoxy) is 3. The topological polar surface area (TPSA) is 88.5 Å². The molecule has 2 aromatic carbocycles. The Morgan fingerprint density at radius 3 is 2.46 bits per heavy atom. The van der Waals surface area contributed by atoms with Crippen molar-refractivity contribution in [3.05, 3.63) is 65.0 Å². The van der Waals surface area contributed by atoms with Crippen molar-refractivity contribution < 1.29 is 33.3 Å². The van der Waals surface area contributed by atoms with E-state index in [1.807, 2.05) is 0 Å².